The molecule has 4 nitrogen and oxygen atoms in total. The molecule has 1 heterocycles. The minimum absolute atomic E-state index is 0.404. The van der Waals surface area contributed by atoms with Crippen LogP contribution in [0.4, 0.5) is 0 Å². The summed E-state index contributed by atoms with van der Waals surface area (Å²) in [4.78, 5) is 0. The zero-order valence-electron chi connectivity index (χ0n) is 11.9. The molecule has 0 unspecified atom stereocenters. The molecule has 0 atom stereocenters. The van der Waals surface area contributed by atoms with E-state index in [1.165, 1.54) is 11.3 Å². The molecule has 110 valence electrons. The van der Waals surface area contributed by atoms with Crippen molar-refractivity contribution in [3.05, 3.63) is 17.0 Å². The average molecular weight is 304 g/mol. The second-order valence-corrected chi connectivity index (χ2v) is 8.00. The number of sulfonamides is 1. The molecule has 0 aliphatic carbocycles. The van der Waals surface area contributed by atoms with E-state index in [9.17, 15) is 8.42 Å². The SMILES string of the molecule is CNCc1csc(S(=O)(=O)NCCCCC(C)C)c1. The third-order valence-electron chi connectivity index (χ3n) is 2.78. The molecule has 1 aromatic heterocycles. The number of thiophene rings is 1. The highest BCUT2D eigenvalue weighted by atomic mass is 32.2. The van der Waals surface area contributed by atoms with Gasteiger partial charge in [-0.15, -0.1) is 11.3 Å². The lowest BCUT2D eigenvalue weighted by atomic mass is 10.1. The van der Waals surface area contributed by atoms with E-state index in [1.807, 2.05) is 12.4 Å². The summed E-state index contributed by atoms with van der Waals surface area (Å²) in [7, 11) is -1.47. The molecule has 19 heavy (non-hydrogen) atoms. The molecule has 0 spiro atoms. The van der Waals surface area contributed by atoms with E-state index in [1.54, 1.807) is 6.07 Å². The number of hydrogen-bond donors (Lipinski definition) is 2. The molecule has 0 bridgehead atoms. The highest BCUT2D eigenvalue weighted by Crippen LogP contribution is 2.20. The second-order valence-electron chi connectivity index (χ2n) is 5.09. The van der Waals surface area contributed by atoms with Gasteiger partial charge in [-0.2, -0.15) is 0 Å². The fourth-order valence-corrected chi connectivity index (χ4v) is 4.07. The van der Waals surface area contributed by atoms with Gasteiger partial charge < -0.3 is 5.32 Å². The van der Waals surface area contributed by atoms with Gasteiger partial charge in [-0.3, -0.25) is 0 Å². The van der Waals surface area contributed by atoms with E-state index < -0.39 is 10.0 Å². The molecule has 0 aliphatic heterocycles. The zero-order chi connectivity index (χ0) is 14.3. The highest BCUT2D eigenvalue weighted by Gasteiger charge is 2.15. The van der Waals surface area contributed by atoms with Crippen LogP contribution < -0.4 is 10.0 Å². The van der Waals surface area contributed by atoms with E-state index in [2.05, 4.69) is 23.9 Å². The molecule has 0 radical (unpaired) electrons. The summed E-state index contributed by atoms with van der Waals surface area (Å²) in [5.74, 6) is 0.679. The quantitative estimate of drug-likeness (QED) is 0.689. The Morgan fingerprint density at radius 1 is 1.32 bits per heavy atom. The Morgan fingerprint density at radius 3 is 2.68 bits per heavy atom. The van der Waals surface area contributed by atoms with Crippen LogP contribution in [0.15, 0.2) is 15.7 Å². The third-order valence-corrected chi connectivity index (χ3v) is 5.73. The van der Waals surface area contributed by atoms with Gasteiger partial charge in [0.15, 0.2) is 0 Å². The third kappa shape index (κ3) is 6.03. The van der Waals surface area contributed by atoms with Crippen molar-refractivity contribution in [3.8, 4) is 0 Å². The topological polar surface area (TPSA) is 58.2 Å². The minimum Gasteiger partial charge on any atom is -0.316 e. The summed E-state index contributed by atoms with van der Waals surface area (Å²) >= 11 is 1.27. The normalized spacial score (nSPS) is 12.2. The lowest BCUT2D eigenvalue weighted by Gasteiger charge is -2.06. The first-order chi connectivity index (χ1) is 8.95. The number of hydrogen-bond acceptors (Lipinski definition) is 4. The molecule has 0 aromatic carbocycles. The van der Waals surface area contributed by atoms with E-state index >= 15 is 0 Å². The van der Waals surface area contributed by atoms with Gasteiger partial charge in [-0.1, -0.05) is 26.7 Å². The van der Waals surface area contributed by atoms with Crippen LogP contribution in [0.2, 0.25) is 0 Å². The fourth-order valence-electron chi connectivity index (χ4n) is 1.75. The number of rotatable bonds is 9. The van der Waals surface area contributed by atoms with Gasteiger partial charge in [0.1, 0.15) is 4.21 Å². The summed E-state index contributed by atoms with van der Waals surface area (Å²) in [6.45, 7) is 5.58. The van der Waals surface area contributed by atoms with E-state index in [4.69, 9.17) is 0 Å². The first-order valence-electron chi connectivity index (χ1n) is 6.67. The Balaban J connectivity index is 2.42. The maximum atomic E-state index is 12.0. The van der Waals surface area contributed by atoms with Gasteiger partial charge in [-0.05, 0) is 36.4 Å². The molecule has 0 amide bonds. The molecule has 0 aliphatic rings. The standard InChI is InChI=1S/C13H24N2O2S2/c1-11(2)6-4-5-7-15-19(16,17)13-8-12(9-14-3)10-18-13/h8,10-11,14-15H,4-7,9H2,1-3H3. The van der Waals surface area contributed by atoms with Gasteiger partial charge in [0.25, 0.3) is 0 Å². The van der Waals surface area contributed by atoms with Gasteiger partial charge in [0.2, 0.25) is 10.0 Å². The second kappa shape index (κ2) is 7.99. The van der Waals surface area contributed by atoms with Crippen LogP contribution in [-0.2, 0) is 16.6 Å². The van der Waals surface area contributed by atoms with E-state index in [0.29, 0.717) is 23.2 Å². The Hall–Kier alpha value is -0.430. The van der Waals surface area contributed by atoms with Crippen molar-refractivity contribution in [2.45, 2.75) is 43.9 Å². The van der Waals surface area contributed by atoms with Crippen molar-refractivity contribution < 1.29 is 8.42 Å². The van der Waals surface area contributed by atoms with Crippen LogP contribution >= 0.6 is 11.3 Å². The van der Waals surface area contributed by atoms with Crippen molar-refractivity contribution in [3.63, 3.8) is 0 Å². The van der Waals surface area contributed by atoms with Crippen molar-refractivity contribution in [2.75, 3.05) is 13.6 Å². The number of nitrogens with one attached hydrogen (secondary N) is 2. The largest absolute Gasteiger partial charge is 0.316 e. The Kier molecular flexibility index (Phi) is 6.99. The molecular formula is C13H24N2O2S2. The molecule has 6 heteroatoms. The van der Waals surface area contributed by atoms with Crippen LogP contribution in [0.5, 0.6) is 0 Å². The first kappa shape index (κ1) is 16.6. The summed E-state index contributed by atoms with van der Waals surface area (Å²) < 4.78 is 27.1. The first-order valence-corrected chi connectivity index (χ1v) is 9.03. The highest BCUT2D eigenvalue weighted by molar-refractivity contribution is 7.91. The van der Waals surface area contributed by atoms with Crippen LogP contribution in [0.25, 0.3) is 0 Å². The van der Waals surface area contributed by atoms with Crippen molar-refractivity contribution >= 4 is 21.4 Å². The predicted octanol–water partition coefficient (Wildman–Crippen LogP) is 2.57. The Bertz CT molecular complexity index is 467. The van der Waals surface area contributed by atoms with Gasteiger partial charge in [0.05, 0.1) is 0 Å². The average Bonchev–Trinajstić information content (AvgIpc) is 2.78. The van der Waals surface area contributed by atoms with Crippen LogP contribution in [0.1, 0.15) is 38.7 Å². The van der Waals surface area contributed by atoms with Gasteiger partial charge >= 0.3 is 0 Å². The van der Waals surface area contributed by atoms with Crippen molar-refractivity contribution in [1.82, 2.24) is 10.0 Å². The fraction of sp³-hybridized carbons (Fsp3) is 0.692. The van der Waals surface area contributed by atoms with Crippen LogP contribution in [0, 0.1) is 5.92 Å². The lowest BCUT2D eigenvalue weighted by Crippen LogP contribution is -2.24. The van der Waals surface area contributed by atoms with Crippen molar-refractivity contribution in [1.29, 1.82) is 0 Å². The monoisotopic (exact) mass is 304 g/mol. The Morgan fingerprint density at radius 2 is 2.05 bits per heavy atom. The number of unbranched alkanes of at least 4 members (excludes halogenated alkanes) is 1. The van der Waals surface area contributed by atoms with Crippen molar-refractivity contribution in [2.24, 2.45) is 5.92 Å². The summed E-state index contributed by atoms with van der Waals surface area (Å²) in [5, 5.41) is 4.89. The summed E-state index contributed by atoms with van der Waals surface area (Å²) in [6, 6.07) is 1.73. The predicted molar refractivity (Wildman–Crippen MR) is 81.0 cm³/mol. The molecular weight excluding hydrogens is 280 g/mol. The zero-order valence-corrected chi connectivity index (χ0v) is 13.5. The van der Waals surface area contributed by atoms with Crippen LogP contribution in [-0.4, -0.2) is 22.0 Å². The van der Waals surface area contributed by atoms with Crippen LogP contribution in [0.3, 0.4) is 0 Å². The molecule has 0 fully saturated rings. The molecule has 1 rings (SSSR count). The van der Waals surface area contributed by atoms with Gasteiger partial charge in [-0.25, -0.2) is 13.1 Å². The van der Waals surface area contributed by atoms with Gasteiger partial charge in [0, 0.05) is 13.1 Å². The molecule has 0 saturated carbocycles. The maximum Gasteiger partial charge on any atom is 0.250 e. The summed E-state index contributed by atoms with van der Waals surface area (Å²) in [6.07, 6.45) is 3.11. The molecule has 1 aromatic rings. The lowest BCUT2D eigenvalue weighted by molar-refractivity contribution is 0.531. The molecule has 0 saturated heterocycles. The van der Waals surface area contributed by atoms with E-state index in [-0.39, 0.29) is 0 Å². The maximum absolute atomic E-state index is 12.0. The summed E-state index contributed by atoms with van der Waals surface area (Å²) in [5.41, 5.74) is 1.01. The van der Waals surface area contributed by atoms with E-state index in [0.717, 1.165) is 24.8 Å². The minimum atomic E-state index is -3.32. The Labute approximate surface area is 120 Å². The molecule has 2 N–H and O–H groups in total. The smallest absolute Gasteiger partial charge is 0.250 e.